The Morgan fingerprint density at radius 3 is 1.94 bits per heavy atom. The van der Waals surface area contributed by atoms with E-state index in [-0.39, 0.29) is 12.5 Å². The summed E-state index contributed by atoms with van der Waals surface area (Å²) in [6.45, 7) is 2.34. The molecule has 0 spiro atoms. The highest BCUT2D eigenvalue weighted by Crippen LogP contribution is 2.14. The number of carbonyl (C=O) groups excluding carboxylic acids is 1. The average Bonchev–Trinajstić information content (AvgIpc) is 3.27. The highest BCUT2D eigenvalue weighted by Gasteiger charge is 2.17. The van der Waals surface area contributed by atoms with E-state index in [1.807, 2.05) is 89.8 Å². The van der Waals surface area contributed by atoms with Crippen LogP contribution in [0.15, 0.2) is 109 Å². The van der Waals surface area contributed by atoms with Crippen LogP contribution in [0.4, 0.5) is 0 Å². The second-order valence-electron chi connectivity index (χ2n) is 7.83. The van der Waals surface area contributed by atoms with Crippen LogP contribution in [0.1, 0.15) is 22.4 Å². The summed E-state index contributed by atoms with van der Waals surface area (Å²) < 4.78 is 7.95. The van der Waals surface area contributed by atoms with Crippen LogP contribution in [0.25, 0.3) is 0 Å². The van der Waals surface area contributed by atoms with Gasteiger partial charge in [0.05, 0.1) is 13.2 Å². The highest BCUT2D eigenvalue weighted by molar-refractivity contribution is 5.77. The van der Waals surface area contributed by atoms with Crippen LogP contribution in [0, 0.1) is 0 Å². The summed E-state index contributed by atoms with van der Waals surface area (Å²) in [6.07, 6.45) is 2.07. The van der Waals surface area contributed by atoms with Gasteiger partial charge < -0.3 is 14.2 Å². The number of rotatable bonds is 10. The van der Waals surface area contributed by atoms with Crippen molar-refractivity contribution < 1.29 is 9.53 Å². The van der Waals surface area contributed by atoms with Crippen molar-refractivity contribution in [1.29, 1.82) is 0 Å². The van der Waals surface area contributed by atoms with Crippen LogP contribution >= 0.6 is 0 Å². The third-order valence-electron chi connectivity index (χ3n) is 5.38. The van der Waals surface area contributed by atoms with Crippen LogP contribution in [0.5, 0.6) is 0 Å². The van der Waals surface area contributed by atoms with Crippen LogP contribution in [0.2, 0.25) is 0 Å². The molecule has 1 amide bonds. The molecular weight excluding hydrogens is 396 g/mol. The van der Waals surface area contributed by atoms with Crippen LogP contribution in [-0.2, 0) is 35.8 Å². The summed E-state index contributed by atoms with van der Waals surface area (Å²) in [5, 5.41) is 0. The van der Waals surface area contributed by atoms with E-state index >= 15 is 0 Å². The monoisotopic (exact) mass is 424 g/mol. The molecule has 0 fully saturated rings. The molecule has 0 aliphatic heterocycles. The Morgan fingerprint density at radius 1 is 0.688 bits per heavy atom. The van der Waals surface area contributed by atoms with E-state index in [9.17, 15) is 4.79 Å². The Morgan fingerprint density at radius 2 is 1.28 bits per heavy atom. The SMILES string of the molecule is O=C(COCc1ccccc1)N(Cc1ccccc1)Cc1cccn1Cc1ccccc1. The minimum Gasteiger partial charge on any atom is -0.367 e. The lowest BCUT2D eigenvalue weighted by Gasteiger charge is -2.24. The fourth-order valence-corrected chi connectivity index (χ4v) is 3.68. The van der Waals surface area contributed by atoms with E-state index in [1.165, 1.54) is 5.56 Å². The first-order valence-electron chi connectivity index (χ1n) is 10.9. The molecule has 4 rings (SSSR count). The van der Waals surface area contributed by atoms with Gasteiger partial charge in [0.2, 0.25) is 5.91 Å². The molecule has 0 saturated heterocycles. The molecule has 1 aromatic heterocycles. The number of carbonyl (C=O) groups is 1. The van der Waals surface area contributed by atoms with Gasteiger partial charge in [-0.3, -0.25) is 4.79 Å². The van der Waals surface area contributed by atoms with Crippen LogP contribution < -0.4 is 0 Å². The van der Waals surface area contributed by atoms with Gasteiger partial charge in [0.1, 0.15) is 6.61 Å². The van der Waals surface area contributed by atoms with Gasteiger partial charge in [-0.15, -0.1) is 0 Å². The molecule has 1 heterocycles. The zero-order valence-electron chi connectivity index (χ0n) is 18.1. The molecular formula is C28H28N2O2. The van der Waals surface area contributed by atoms with Gasteiger partial charge in [0, 0.05) is 25.0 Å². The molecule has 4 nitrogen and oxygen atoms in total. The summed E-state index contributed by atoms with van der Waals surface area (Å²) in [7, 11) is 0. The minimum absolute atomic E-state index is 0.0164. The summed E-state index contributed by atoms with van der Waals surface area (Å²) in [5.74, 6) is -0.0164. The summed E-state index contributed by atoms with van der Waals surface area (Å²) >= 11 is 0. The summed E-state index contributed by atoms with van der Waals surface area (Å²) in [6, 6.07) is 34.5. The normalized spacial score (nSPS) is 10.8. The standard InChI is InChI=1S/C28H28N2O2/c31-28(23-32-22-26-15-8-3-9-16-26)30(20-25-13-6-2-7-14-25)21-27-17-10-18-29(27)19-24-11-4-1-5-12-24/h1-18H,19-23H2. The molecule has 0 atom stereocenters. The van der Waals surface area contributed by atoms with Crippen molar-refractivity contribution in [3.8, 4) is 0 Å². The first kappa shape index (κ1) is 21.6. The van der Waals surface area contributed by atoms with Crippen molar-refractivity contribution in [3.63, 3.8) is 0 Å². The van der Waals surface area contributed by atoms with E-state index in [0.717, 1.165) is 23.4 Å². The van der Waals surface area contributed by atoms with E-state index < -0.39 is 0 Å². The third-order valence-corrected chi connectivity index (χ3v) is 5.38. The van der Waals surface area contributed by atoms with Crippen molar-refractivity contribution in [2.24, 2.45) is 0 Å². The second-order valence-corrected chi connectivity index (χ2v) is 7.83. The predicted octanol–water partition coefficient (Wildman–Crippen LogP) is 5.28. The zero-order valence-corrected chi connectivity index (χ0v) is 18.1. The van der Waals surface area contributed by atoms with Crippen molar-refractivity contribution >= 4 is 5.91 Å². The van der Waals surface area contributed by atoms with Gasteiger partial charge in [0.25, 0.3) is 0 Å². The molecule has 0 aliphatic rings. The smallest absolute Gasteiger partial charge is 0.249 e. The fourth-order valence-electron chi connectivity index (χ4n) is 3.68. The maximum Gasteiger partial charge on any atom is 0.249 e. The Kier molecular flexibility index (Phi) is 7.51. The topological polar surface area (TPSA) is 34.5 Å². The molecule has 0 radical (unpaired) electrons. The number of aromatic nitrogens is 1. The van der Waals surface area contributed by atoms with Gasteiger partial charge in [0.15, 0.2) is 0 Å². The molecule has 4 aromatic rings. The number of ether oxygens (including phenoxy) is 1. The van der Waals surface area contributed by atoms with E-state index in [4.69, 9.17) is 4.74 Å². The summed E-state index contributed by atoms with van der Waals surface area (Å²) in [5.41, 5.74) is 4.50. The van der Waals surface area contributed by atoms with Gasteiger partial charge in [-0.25, -0.2) is 0 Å². The van der Waals surface area contributed by atoms with Gasteiger partial charge in [-0.05, 0) is 28.8 Å². The lowest BCUT2D eigenvalue weighted by atomic mass is 10.2. The molecule has 3 aromatic carbocycles. The van der Waals surface area contributed by atoms with E-state index in [1.54, 1.807) is 0 Å². The maximum absolute atomic E-state index is 13.1. The molecule has 32 heavy (non-hydrogen) atoms. The second kappa shape index (κ2) is 11.1. The molecule has 0 aliphatic carbocycles. The molecule has 4 heteroatoms. The van der Waals surface area contributed by atoms with Crippen molar-refractivity contribution in [2.45, 2.75) is 26.2 Å². The van der Waals surface area contributed by atoms with E-state index in [0.29, 0.717) is 19.7 Å². The lowest BCUT2D eigenvalue weighted by Crippen LogP contribution is -2.34. The Hall–Kier alpha value is -3.63. The maximum atomic E-state index is 13.1. The molecule has 0 bridgehead atoms. The third kappa shape index (κ3) is 6.19. The number of hydrogen-bond acceptors (Lipinski definition) is 2. The van der Waals surface area contributed by atoms with Gasteiger partial charge in [-0.2, -0.15) is 0 Å². The minimum atomic E-state index is -0.0164. The van der Waals surface area contributed by atoms with E-state index in [2.05, 4.69) is 29.0 Å². The first-order valence-corrected chi connectivity index (χ1v) is 10.9. The zero-order chi connectivity index (χ0) is 22.0. The lowest BCUT2D eigenvalue weighted by molar-refractivity contribution is -0.138. The Bertz CT molecular complexity index is 1090. The fraction of sp³-hybridized carbons (Fsp3) is 0.179. The average molecular weight is 425 g/mol. The van der Waals surface area contributed by atoms with Gasteiger partial charge in [-0.1, -0.05) is 91.0 Å². The molecule has 0 N–H and O–H groups in total. The Balaban J connectivity index is 1.45. The number of nitrogens with zero attached hydrogens (tertiary/aromatic N) is 2. The molecule has 162 valence electrons. The number of benzene rings is 3. The van der Waals surface area contributed by atoms with Crippen molar-refractivity contribution in [3.05, 3.63) is 132 Å². The molecule has 0 saturated carbocycles. The summed E-state index contributed by atoms with van der Waals surface area (Å²) in [4.78, 5) is 15.0. The van der Waals surface area contributed by atoms with Crippen LogP contribution in [-0.4, -0.2) is 22.0 Å². The quantitative estimate of drug-likeness (QED) is 0.347. The Labute approximate surface area is 189 Å². The van der Waals surface area contributed by atoms with Crippen molar-refractivity contribution in [2.75, 3.05) is 6.61 Å². The number of hydrogen-bond donors (Lipinski definition) is 0. The van der Waals surface area contributed by atoms with Crippen LogP contribution in [0.3, 0.4) is 0 Å². The molecule has 0 unspecified atom stereocenters. The number of amides is 1. The predicted molar refractivity (Wildman–Crippen MR) is 127 cm³/mol. The largest absolute Gasteiger partial charge is 0.367 e. The van der Waals surface area contributed by atoms with Gasteiger partial charge >= 0.3 is 0 Å². The van der Waals surface area contributed by atoms with Crippen molar-refractivity contribution in [1.82, 2.24) is 9.47 Å². The highest BCUT2D eigenvalue weighted by atomic mass is 16.5. The first-order chi connectivity index (χ1) is 15.8.